The summed E-state index contributed by atoms with van der Waals surface area (Å²) in [4.78, 5) is 19.6. The number of nitrogens with zero attached hydrogens (tertiary/aromatic N) is 2. The summed E-state index contributed by atoms with van der Waals surface area (Å²) in [6.07, 6.45) is 0. The summed E-state index contributed by atoms with van der Waals surface area (Å²) in [7, 11) is 1.53. The van der Waals surface area contributed by atoms with Crippen molar-refractivity contribution >= 4 is 29.1 Å². The summed E-state index contributed by atoms with van der Waals surface area (Å²) in [5.74, 6) is 0.680. The van der Waals surface area contributed by atoms with Gasteiger partial charge in [-0.1, -0.05) is 11.2 Å². The number of carbonyl (C=O) groups is 1. The number of carbonyl (C=O) groups excluding carboxylic acids is 1. The van der Waals surface area contributed by atoms with Crippen LogP contribution in [0.3, 0.4) is 0 Å². The average Bonchev–Trinajstić information content (AvgIpc) is 2.38. The molecule has 0 aliphatic carbocycles. The lowest BCUT2D eigenvalue weighted by Gasteiger charge is -2.28. The van der Waals surface area contributed by atoms with Crippen LogP contribution in [0.25, 0.3) is 0 Å². The maximum Gasteiger partial charge on any atom is 0.237 e. The highest BCUT2D eigenvalue weighted by Gasteiger charge is 2.23. The van der Waals surface area contributed by atoms with Crippen LogP contribution in [-0.2, 0) is 9.63 Å². The van der Waals surface area contributed by atoms with E-state index >= 15 is 0 Å². The second-order valence-corrected chi connectivity index (χ2v) is 4.99. The third kappa shape index (κ3) is 2.36. The monoisotopic (exact) mass is 264 g/mol. The Labute approximate surface area is 111 Å². The largest absolute Gasteiger partial charge is 0.399 e. The van der Waals surface area contributed by atoms with Gasteiger partial charge in [-0.05, 0) is 26.0 Å². The van der Waals surface area contributed by atoms with Crippen LogP contribution in [-0.4, -0.2) is 31.0 Å². The summed E-state index contributed by atoms with van der Waals surface area (Å²) in [6.45, 7) is 4.57. The predicted molar refractivity (Wildman–Crippen MR) is 74.4 cm³/mol. The Balaban J connectivity index is 2.44. The number of thioether (sulfide) groups is 1. The van der Waals surface area contributed by atoms with Crippen LogP contribution in [0.1, 0.15) is 19.4 Å². The van der Waals surface area contributed by atoms with Gasteiger partial charge < -0.3 is 9.74 Å². The first kappa shape index (κ1) is 13.0. The van der Waals surface area contributed by atoms with Crippen molar-refractivity contribution in [1.29, 1.82) is 0 Å². The molecule has 1 amide bonds. The molecule has 18 heavy (non-hydrogen) atoms. The molecule has 0 aromatic heterocycles. The number of amides is 1. The molecule has 0 spiro atoms. The molecule has 0 fully saturated rings. The van der Waals surface area contributed by atoms with Crippen molar-refractivity contribution in [2.24, 2.45) is 5.16 Å². The molecule has 4 nitrogen and oxygen atoms in total. The third-order valence-electron chi connectivity index (χ3n) is 2.86. The zero-order valence-corrected chi connectivity index (χ0v) is 11.6. The molecule has 0 bridgehead atoms. The van der Waals surface area contributed by atoms with Crippen molar-refractivity contribution in [1.82, 2.24) is 0 Å². The summed E-state index contributed by atoms with van der Waals surface area (Å²) in [5.41, 5.74) is 2.76. The van der Waals surface area contributed by atoms with Gasteiger partial charge in [0.15, 0.2) is 0 Å². The second-order valence-electron chi connectivity index (χ2n) is 3.97. The van der Waals surface area contributed by atoms with E-state index in [1.165, 1.54) is 7.11 Å². The minimum atomic E-state index is 0.161. The average molecular weight is 264 g/mol. The molecule has 0 radical (unpaired) electrons. The molecule has 1 aromatic rings. The lowest BCUT2D eigenvalue weighted by Crippen LogP contribution is -2.35. The Kier molecular flexibility index (Phi) is 3.91. The molecule has 0 saturated heterocycles. The number of anilines is 1. The molecule has 96 valence electrons. The Morgan fingerprint density at radius 1 is 1.56 bits per heavy atom. The molecule has 1 heterocycles. The van der Waals surface area contributed by atoms with Crippen molar-refractivity contribution in [3.05, 3.63) is 23.8 Å². The number of oxime groups is 1. The molecular weight excluding hydrogens is 248 g/mol. The van der Waals surface area contributed by atoms with Crippen LogP contribution in [0.15, 0.2) is 28.3 Å². The minimum Gasteiger partial charge on any atom is -0.399 e. The maximum atomic E-state index is 11.8. The van der Waals surface area contributed by atoms with E-state index < -0.39 is 0 Å². The first-order chi connectivity index (χ1) is 8.67. The molecule has 2 rings (SSSR count). The van der Waals surface area contributed by atoms with Crippen molar-refractivity contribution in [2.75, 3.05) is 24.3 Å². The lowest BCUT2D eigenvalue weighted by molar-refractivity contribution is -0.116. The van der Waals surface area contributed by atoms with Crippen LogP contribution in [0.2, 0.25) is 0 Å². The fourth-order valence-corrected chi connectivity index (χ4v) is 2.88. The lowest BCUT2D eigenvalue weighted by atomic mass is 10.1. The Morgan fingerprint density at radius 3 is 3.00 bits per heavy atom. The van der Waals surface area contributed by atoms with E-state index in [1.54, 1.807) is 11.8 Å². The number of hydrogen-bond acceptors (Lipinski definition) is 4. The highest BCUT2D eigenvalue weighted by Crippen LogP contribution is 2.35. The zero-order valence-electron chi connectivity index (χ0n) is 10.8. The number of rotatable bonds is 3. The van der Waals surface area contributed by atoms with E-state index in [2.05, 4.69) is 5.16 Å². The molecule has 1 aromatic carbocycles. The van der Waals surface area contributed by atoms with Crippen LogP contribution >= 0.6 is 11.8 Å². The molecule has 1 aliphatic heterocycles. The normalized spacial score (nSPS) is 15.6. The Morgan fingerprint density at radius 2 is 2.33 bits per heavy atom. The highest BCUT2D eigenvalue weighted by atomic mass is 32.2. The first-order valence-electron chi connectivity index (χ1n) is 5.82. The topological polar surface area (TPSA) is 41.9 Å². The van der Waals surface area contributed by atoms with Crippen LogP contribution in [0, 0.1) is 0 Å². The zero-order chi connectivity index (χ0) is 13.1. The van der Waals surface area contributed by atoms with E-state index in [0.717, 1.165) is 21.9 Å². The van der Waals surface area contributed by atoms with Gasteiger partial charge in [0.25, 0.3) is 0 Å². The fraction of sp³-hybridized carbons (Fsp3) is 0.385. The van der Waals surface area contributed by atoms with Gasteiger partial charge in [-0.25, -0.2) is 0 Å². The fourth-order valence-electron chi connectivity index (χ4n) is 1.96. The van der Waals surface area contributed by atoms with Gasteiger partial charge in [0.2, 0.25) is 5.91 Å². The standard InChI is InChI=1S/C13H16N2O2S/c1-4-15-11-7-10(9(2)14-17-3)5-6-12(11)18-8-13(15)16/h5-7H,4,8H2,1-3H3/b14-9-. The molecular formula is C13H16N2O2S. The van der Waals surface area contributed by atoms with Gasteiger partial charge in [0.05, 0.1) is 17.2 Å². The summed E-state index contributed by atoms with van der Waals surface area (Å²) in [5, 5.41) is 3.92. The molecule has 0 saturated carbocycles. The van der Waals surface area contributed by atoms with Gasteiger partial charge in [-0.3, -0.25) is 4.79 Å². The van der Waals surface area contributed by atoms with E-state index in [1.807, 2.05) is 36.9 Å². The maximum absolute atomic E-state index is 11.8. The van der Waals surface area contributed by atoms with E-state index in [9.17, 15) is 4.79 Å². The van der Waals surface area contributed by atoms with E-state index in [4.69, 9.17) is 4.84 Å². The van der Waals surface area contributed by atoms with Crippen LogP contribution in [0.5, 0.6) is 0 Å². The predicted octanol–water partition coefficient (Wildman–Crippen LogP) is 2.52. The SMILES string of the molecule is CCN1C(=O)CSc2ccc(/C(C)=N\OC)cc21. The summed E-state index contributed by atoms with van der Waals surface area (Å²) in [6, 6.07) is 6.05. The van der Waals surface area contributed by atoms with Crippen molar-refractivity contribution in [3.8, 4) is 0 Å². The van der Waals surface area contributed by atoms with Crippen LogP contribution in [0.4, 0.5) is 5.69 Å². The smallest absolute Gasteiger partial charge is 0.237 e. The van der Waals surface area contributed by atoms with Gasteiger partial charge in [-0.2, -0.15) is 0 Å². The Bertz CT molecular complexity index is 500. The molecule has 0 atom stereocenters. The quantitative estimate of drug-likeness (QED) is 0.622. The Hall–Kier alpha value is -1.49. The summed E-state index contributed by atoms with van der Waals surface area (Å²) >= 11 is 1.59. The van der Waals surface area contributed by atoms with Crippen LogP contribution < -0.4 is 4.90 Å². The van der Waals surface area contributed by atoms with Crippen molar-refractivity contribution < 1.29 is 9.63 Å². The van der Waals surface area contributed by atoms with Gasteiger partial charge in [0.1, 0.15) is 7.11 Å². The van der Waals surface area contributed by atoms with Crippen molar-refractivity contribution in [2.45, 2.75) is 18.7 Å². The minimum absolute atomic E-state index is 0.161. The number of benzene rings is 1. The summed E-state index contributed by atoms with van der Waals surface area (Å²) < 4.78 is 0. The second kappa shape index (κ2) is 5.44. The molecule has 0 unspecified atom stereocenters. The van der Waals surface area contributed by atoms with E-state index in [0.29, 0.717) is 12.3 Å². The number of hydrogen-bond donors (Lipinski definition) is 0. The van der Waals surface area contributed by atoms with Gasteiger partial charge in [-0.15, -0.1) is 11.8 Å². The van der Waals surface area contributed by atoms with E-state index in [-0.39, 0.29) is 5.91 Å². The molecule has 0 N–H and O–H groups in total. The molecule has 5 heteroatoms. The molecule has 1 aliphatic rings. The van der Waals surface area contributed by atoms with Crippen molar-refractivity contribution in [3.63, 3.8) is 0 Å². The van der Waals surface area contributed by atoms with Gasteiger partial charge in [0, 0.05) is 17.0 Å². The highest BCUT2D eigenvalue weighted by molar-refractivity contribution is 8.00. The number of fused-ring (bicyclic) bond motifs is 1. The third-order valence-corrected chi connectivity index (χ3v) is 3.91. The van der Waals surface area contributed by atoms with Gasteiger partial charge >= 0.3 is 0 Å². The first-order valence-corrected chi connectivity index (χ1v) is 6.81.